The largest absolute Gasteiger partial charge is 0.350 e. The zero-order valence-electron chi connectivity index (χ0n) is 14.0. The molecule has 0 aliphatic heterocycles. The Morgan fingerprint density at radius 1 is 0.737 bits per heavy atom. The molecule has 1 saturated carbocycles. The first-order chi connectivity index (χ1) is 8.62. The predicted molar refractivity (Wildman–Crippen MR) is 81.2 cm³/mol. The third-order valence-electron chi connectivity index (χ3n) is 3.80. The maximum absolute atomic E-state index is 6.16. The van der Waals surface area contributed by atoms with Crippen LogP contribution in [0.15, 0.2) is 0 Å². The van der Waals surface area contributed by atoms with Crippen molar-refractivity contribution in [2.45, 2.75) is 85.9 Å². The van der Waals surface area contributed by atoms with Crippen LogP contribution >= 0.6 is 0 Å². The highest BCUT2D eigenvalue weighted by atomic mass is 16.7. The average Bonchev–Trinajstić information content (AvgIpc) is 2.63. The van der Waals surface area contributed by atoms with Crippen LogP contribution in [0.2, 0.25) is 0 Å². The van der Waals surface area contributed by atoms with Gasteiger partial charge in [0.15, 0.2) is 5.79 Å². The van der Waals surface area contributed by atoms with Crippen LogP contribution in [-0.4, -0.2) is 19.0 Å². The number of hydrogen-bond acceptors (Lipinski definition) is 2. The Labute approximate surface area is 120 Å². The molecule has 2 nitrogen and oxygen atoms in total. The average molecular weight is 270 g/mol. The Kier molecular flexibility index (Phi) is 5.88. The molecule has 1 rings (SSSR count). The van der Waals surface area contributed by atoms with Crippen LogP contribution in [0.1, 0.15) is 80.1 Å². The Hall–Kier alpha value is -0.0800. The standard InChI is InChI=1S/C17H34O2/c1-15(2,3)11-13-18-17(9-7-8-10-17)19-14-12-16(4,5)6/h7-14H2,1-6H3. The van der Waals surface area contributed by atoms with E-state index in [1.165, 1.54) is 12.8 Å². The third kappa shape index (κ3) is 7.31. The van der Waals surface area contributed by atoms with Crippen molar-refractivity contribution in [3.8, 4) is 0 Å². The van der Waals surface area contributed by atoms with E-state index in [4.69, 9.17) is 9.47 Å². The smallest absolute Gasteiger partial charge is 0.168 e. The normalized spacial score (nSPS) is 19.9. The summed E-state index contributed by atoms with van der Waals surface area (Å²) in [6.07, 6.45) is 6.81. The number of ether oxygens (including phenoxy) is 2. The maximum Gasteiger partial charge on any atom is 0.168 e. The van der Waals surface area contributed by atoms with E-state index in [9.17, 15) is 0 Å². The van der Waals surface area contributed by atoms with Gasteiger partial charge in [-0.3, -0.25) is 0 Å². The molecule has 2 heteroatoms. The number of rotatable bonds is 6. The summed E-state index contributed by atoms with van der Waals surface area (Å²) in [5, 5.41) is 0. The summed E-state index contributed by atoms with van der Waals surface area (Å²) in [6.45, 7) is 15.2. The van der Waals surface area contributed by atoms with Gasteiger partial charge in [-0.25, -0.2) is 0 Å². The molecule has 0 aromatic heterocycles. The van der Waals surface area contributed by atoms with Gasteiger partial charge in [-0.05, 0) is 36.5 Å². The molecule has 0 unspecified atom stereocenters. The van der Waals surface area contributed by atoms with Crippen molar-refractivity contribution in [1.82, 2.24) is 0 Å². The minimum atomic E-state index is -0.267. The van der Waals surface area contributed by atoms with E-state index in [1.54, 1.807) is 0 Å². The van der Waals surface area contributed by atoms with Gasteiger partial charge in [0.1, 0.15) is 0 Å². The van der Waals surface area contributed by atoms with Crippen molar-refractivity contribution in [3.63, 3.8) is 0 Å². The Balaban J connectivity index is 2.37. The van der Waals surface area contributed by atoms with Crippen LogP contribution < -0.4 is 0 Å². The van der Waals surface area contributed by atoms with Gasteiger partial charge in [-0.2, -0.15) is 0 Å². The molecule has 1 fully saturated rings. The summed E-state index contributed by atoms with van der Waals surface area (Å²) in [5.74, 6) is -0.267. The topological polar surface area (TPSA) is 18.5 Å². The lowest BCUT2D eigenvalue weighted by molar-refractivity contribution is -0.237. The van der Waals surface area contributed by atoms with Gasteiger partial charge in [-0.1, -0.05) is 41.5 Å². The molecule has 1 aliphatic rings. The van der Waals surface area contributed by atoms with E-state index in [0.717, 1.165) is 38.9 Å². The summed E-state index contributed by atoms with van der Waals surface area (Å²) in [6, 6.07) is 0. The fourth-order valence-corrected chi connectivity index (χ4v) is 2.33. The van der Waals surface area contributed by atoms with Crippen LogP contribution in [-0.2, 0) is 9.47 Å². The first kappa shape index (κ1) is 17.0. The fourth-order valence-electron chi connectivity index (χ4n) is 2.33. The van der Waals surface area contributed by atoms with Crippen molar-refractivity contribution in [2.75, 3.05) is 13.2 Å². The van der Waals surface area contributed by atoms with E-state index in [1.807, 2.05) is 0 Å². The van der Waals surface area contributed by atoms with E-state index in [2.05, 4.69) is 41.5 Å². The van der Waals surface area contributed by atoms with E-state index >= 15 is 0 Å². The monoisotopic (exact) mass is 270 g/mol. The lowest BCUT2D eigenvalue weighted by Gasteiger charge is -2.32. The number of hydrogen-bond donors (Lipinski definition) is 0. The maximum atomic E-state index is 6.16. The molecular weight excluding hydrogens is 236 g/mol. The second kappa shape index (κ2) is 6.58. The minimum Gasteiger partial charge on any atom is -0.350 e. The molecule has 114 valence electrons. The van der Waals surface area contributed by atoms with Gasteiger partial charge in [0.2, 0.25) is 0 Å². The van der Waals surface area contributed by atoms with Gasteiger partial charge in [-0.15, -0.1) is 0 Å². The molecule has 0 aromatic carbocycles. The van der Waals surface area contributed by atoms with Crippen LogP contribution in [0.25, 0.3) is 0 Å². The van der Waals surface area contributed by atoms with Gasteiger partial charge in [0.25, 0.3) is 0 Å². The molecule has 0 radical (unpaired) electrons. The molecule has 0 amide bonds. The van der Waals surface area contributed by atoms with Crippen LogP contribution in [0.5, 0.6) is 0 Å². The van der Waals surface area contributed by atoms with Gasteiger partial charge < -0.3 is 9.47 Å². The SMILES string of the molecule is CC(C)(C)CCOC1(OCCC(C)(C)C)CCCC1. The van der Waals surface area contributed by atoms with Crippen molar-refractivity contribution in [3.05, 3.63) is 0 Å². The Bertz CT molecular complexity index is 229. The zero-order chi connectivity index (χ0) is 14.6. The highest BCUT2D eigenvalue weighted by molar-refractivity contribution is 4.78. The Morgan fingerprint density at radius 2 is 1.11 bits per heavy atom. The van der Waals surface area contributed by atoms with Gasteiger partial charge in [0, 0.05) is 12.8 Å². The van der Waals surface area contributed by atoms with Crippen molar-refractivity contribution in [1.29, 1.82) is 0 Å². The van der Waals surface area contributed by atoms with Crippen LogP contribution in [0.3, 0.4) is 0 Å². The second-order valence-corrected chi connectivity index (χ2v) is 8.44. The fraction of sp³-hybridized carbons (Fsp3) is 1.00. The quantitative estimate of drug-likeness (QED) is 0.620. The first-order valence-corrected chi connectivity index (χ1v) is 7.90. The molecule has 0 saturated heterocycles. The van der Waals surface area contributed by atoms with E-state index < -0.39 is 0 Å². The van der Waals surface area contributed by atoms with Crippen molar-refractivity contribution < 1.29 is 9.47 Å². The highest BCUT2D eigenvalue weighted by Gasteiger charge is 2.36. The summed E-state index contributed by atoms with van der Waals surface area (Å²) in [5.41, 5.74) is 0.677. The summed E-state index contributed by atoms with van der Waals surface area (Å²) in [4.78, 5) is 0. The molecule has 19 heavy (non-hydrogen) atoms. The zero-order valence-corrected chi connectivity index (χ0v) is 14.0. The minimum absolute atomic E-state index is 0.267. The molecule has 0 N–H and O–H groups in total. The van der Waals surface area contributed by atoms with E-state index in [-0.39, 0.29) is 5.79 Å². The van der Waals surface area contributed by atoms with E-state index in [0.29, 0.717) is 10.8 Å². The molecule has 0 spiro atoms. The third-order valence-corrected chi connectivity index (χ3v) is 3.80. The molecular formula is C17H34O2. The molecule has 1 aliphatic carbocycles. The molecule has 0 atom stereocenters. The summed E-state index contributed by atoms with van der Waals surface area (Å²) < 4.78 is 12.3. The lowest BCUT2D eigenvalue weighted by atomic mass is 9.93. The lowest BCUT2D eigenvalue weighted by Crippen LogP contribution is -2.34. The van der Waals surface area contributed by atoms with Crippen molar-refractivity contribution >= 4 is 0 Å². The first-order valence-electron chi connectivity index (χ1n) is 7.90. The predicted octanol–water partition coefficient (Wildman–Crippen LogP) is 5.16. The van der Waals surface area contributed by atoms with Gasteiger partial charge in [0.05, 0.1) is 13.2 Å². The molecule has 0 aromatic rings. The van der Waals surface area contributed by atoms with Crippen molar-refractivity contribution in [2.24, 2.45) is 10.8 Å². The summed E-state index contributed by atoms with van der Waals surface area (Å²) in [7, 11) is 0. The second-order valence-electron chi connectivity index (χ2n) is 8.44. The van der Waals surface area contributed by atoms with Crippen LogP contribution in [0, 0.1) is 10.8 Å². The van der Waals surface area contributed by atoms with Gasteiger partial charge >= 0.3 is 0 Å². The summed E-state index contributed by atoms with van der Waals surface area (Å²) >= 11 is 0. The Morgan fingerprint density at radius 3 is 1.42 bits per heavy atom. The highest BCUT2D eigenvalue weighted by Crippen LogP contribution is 2.36. The molecule has 0 heterocycles. The molecule has 0 bridgehead atoms. The van der Waals surface area contributed by atoms with Crippen LogP contribution in [0.4, 0.5) is 0 Å².